The summed E-state index contributed by atoms with van der Waals surface area (Å²) in [6.45, 7) is 3.27. The fourth-order valence-corrected chi connectivity index (χ4v) is 2.64. The molecule has 0 spiro atoms. The molecular weight excluding hydrogens is 262 g/mol. The quantitative estimate of drug-likeness (QED) is 0.923. The Labute approximate surface area is 118 Å². The van der Waals surface area contributed by atoms with Gasteiger partial charge in [0.25, 0.3) is 0 Å². The van der Waals surface area contributed by atoms with E-state index in [-0.39, 0.29) is 17.8 Å². The number of halogens is 2. The Hall–Kier alpha value is -1.20. The number of likely N-dealkylation sites (tertiary alicyclic amines) is 1. The monoisotopic (exact) mass is 284 g/mol. The Morgan fingerprint density at radius 3 is 2.80 bits per heavy atom. The molecule has 2 N–H and O–H groups in total. The molecule has 0 aliphatic carbocycles. The number of nitrogens with two attached hydrogens (primary N) is 1. The van der Waals surface area contributed by atoms with Crippen LogP contribution in [-0.2, 0) is 0 Å². The van der Waals surface area contributed by atoms with Crippen molar-refractivity contribution in [3.05, 3.63) is 29.8 Å². The van der Waals surface area contributed by atoms with Crippen LogP contribution in [0.1, 0.15) is 31.9 Å². The average Bonchev–Trinajstić information content (AvgIpc) is 2.40. The van der Waals surface area contributed by atoms with Crippen LogP contribution in [0.3, 0.4) is 0 Å². The standard InChI is InChI=1S/C15H22F2N2O/c1-10-6-7-19(9-14(10)18)11(2)12-4-3-5-13(8-12)20-15(16)17/h3-5,8,10-11,14-15H,6-7,9,18H2,1-2H3. The van der Waals surface area contributed by atoms with Crippen LogP contribution in [-0.4, -0.2) is 30.6 Å². The molecule has 2 rings (SSSR count). The predicted octanol–water partition coefficient (Wildman–Crippen LogP) is 3.02. The van der Waals surface area contributed by atoms with Gasteiger partial charge in [0.2, 0.25) is 0 Å². The maximum Gasteiger partial charge on any atom is 0.387 e. The molecule has 1 fully saturated rings. The number of rotatable bonds is 4. The Bertz CT molecular complexity index is 442. The van der Waals surface area contributed by atoms with E-state index in [4.69, 9.17) is 5.73 Å². The highest BCUT2D eigenvalue weighted by atomic mass is 19.3. The fraction of sp³-hybridized carbons (Fsp3) is 0.600. The van der Waals surface area contributed by atoms with Crippen molar-refractivity contribution in [2.75, 3.05) is 13.1 Å². The van der Waals surface area contributed by atoms with Crippen molar-refractivity contribution in [2.24, 2.45) is 11.7 Å². The Morgan fingerprint density at radius 2 is 2.15 bits per heavy atom. The molecule has 3 atom stereocenters. The summed E-state index contributed by atoms with van der Waals surface area (Å²) in [5, 5.41) is 0. The Morgan fingerprint density at radius 1 is 1.40 bits per heavy atom. The van der Waals surface area contributed by atoms with E-state index in [9.17, 15) is 8.78 Å². The molecule has 1 aliphatic rings. The van der Waals surface area contributed by atoms with Crippen molar-refractivity contribution < 1.29 is 13.5 Å². The second kappa shape index (κ2) is 6.50. The number of hydrogen-bond acceptors (Lipinski definition) is 3. The maximum atomic E-state index is 12.3. The van der Waals surface area contributed by atoms with Gasteiger partial charge in [-0.2, -0.15) is 8.78 Å². The van der Waals surface area contributed by atoms with E-state index in [1.807, 2.05) is 6.07 Å². The highest BCUT2D eigenvalue weighted by molar-refractivity contribution is 5.30. The van der Waals surface area contributed by atoms with Crippen molar-refractivity contribution in [1.82, 2.24) is 4.90 Å². The number of nitrogens with zero attached hydrogens (tertiary/aromatic N) is 1. The third-order valence-corrected chi connectivity index (χ3v) is 4.16. The lowest BCUT2D eigenvalue weighted by Gasteiger charge is -2.38. The first-order valence-corrected chi connectivity index (χ1v) is 7.01. The lowest BCUT2D eigenvalue weighted by atomic mass is 9.92. The first-order valence-electron chi connectivity index (χ1n) is 7.01. The van der Waals surface area contributed by atoms with Gasteiger partial charge in [-0.3, -0.25) is 4.90 Å². The fourth-order valence-electron chi connectivity index (χ4n) is 2.64. The normalized spacial score (nSPS) is 25.7. The van der Waals surface area contributed by atoms with Crippen LogP contribution in [0.2, 0.25) is 0 Å². The van der Waals surface area contributed by atoms with E-state index in [1.165, 1.54) is 0 Å². The van der Waals surface area contributed by atoms with Gasteiger partial charge < -0.3 is 10.5 Å². The van der Waals surface area contributed by atoms with Crippen LogP contribution >= 0.6 is 0 Å². The van der Waals surface area contributed by atoms with Gasteiger partial charge in [-0.25, -0.2) is 0 Å². The van der Waals surface area contributed by atoms with Gasteiger partial charge >= 0.3 is 6.61 Å². The lowest BCUT2D eigenvalue weighted by molar-refractivity contribution is -0.0499. The van der Waals surface area contributed by atoms with Gasteiger partial charge in [0.15, 0.2) is 0 Å². The second-order valence-corrected chi connectivity index (χ2v) is 5.55. The minimum absolute atomic E-state index is 0.148. The molecule has 0 saturated carbocycles. The second-order valence-electron chi connectivity index (χ2n) is 5.55. The van der Waals surface area contributed by atoms with Crippen molar-refractivity contribution >= 4 is 0 Å². The molecular formula is C15H22F2N2O. The minimum atomic E-state index is -2.79. The van der Waals surface area contributed by atoms with Crippen molar-refractivity contribution in [3.63, 3.8) is 0 Å². The topological polar surface area (TPSA) is 38.5 Å². The molecule has 3 nitrogen and oxygen atoms in total. The minimum Gasteiger partial charge on any atom is -0.435 e. The van der Waals surface area contributed by atoms with Gasteiger partial charge in [0, 0.05) is 18.6 Å². The molecule has 1 aliphatic heterocycles. The van der Waals surface area contributed by atoms with E-state index >= 15 is 0 Å². The molecule has 1 heterocycles. The van der Waals surface area contributed by atoms with Crippen LogP contribution < -0.4 is 10.5 Å². The summed E-state index contributed by atoms with van der Waals surface area (Å²) in [6.07, 6.45) is 1.07. The van der Waals surface area contributed by atoms with Gasteiger partial charge in [-0.05, 0) is 43.5 Å². The number of benzene rings is 1. The van der Waals surface area contributed by atoms with E-state index in [2.05, 4.69) is 23.5 Å². The summed E-state index contributed by atoms with van der Waals surface area (Å²) in [5.74, 6) is 0.742. The first kappa shape index (κ1) is 15.2. The SMILES string of the molecule is CC1CCN(C(C)c2cccc(OC(F)F)c2)CC1N. The van der Waals surface area contributed by atoms with Crippen LogP contribution in [0, 0.1) is 5.92 Å². The largest absolute Gasteiger partial charge is 0.435 e. The summed E-state index contributed by atoms with van der Waals surface area (Å²) in [5.41, 5.74) is 7.09. The van der Waals surface area contributed by atoms with E-state index in [0.29, 0.717) is 5.92 Å². The van der Waals surface area contributed by atoms with Crippen LogP contribution in [0.5, 0.6) is 5.75 Å². The van der Waals surface area contributed by atoms with Crippen molar-refractivity contribution in [2.45, 2.75) is 39.0 Å². The molecule has 1 aromatic rings. The highest BCUT2D eigenvalue weighted by Crippen LogP contribution is 2.28. The molecule has 0 amide bonds. The molecule has 112 valence electrons. The predicted molar refractivity (Wildman–Crippen MR) is 74.8 cm³/mol. The molecule has 1 saturated heterocycles. The zero-order chi connectivity index (χ0) is 14.7. The van der Waals surface area contributed by atoms with Gasteiger partial charge in [0.05, 0.1) is 0 Å². The van der Waals surface area contributed by atoms with E-state index in [0.717, 1.165) is 25.1 Å². The maximum absolute atomic E-state index is 12.3. The number of alkyl halides is 2. The highest BCUT2D eigenvalue weighted by Gasteiger charge is 2.26. The van der Waals surface area contributed by atoms with Crippen molar-refractivity contribution in [3.8, 4) is 5.75 Å². The summed E-state index contributed by atoms with van der Waals surface area (Å²) in [4.78, 5) is 2.30. The summed E-state index contributed by atoms with van der Waals surface area (Å²) >= 11 is 0. The van der Waals surface area contributed by atoms with Gasteiger partial charge in [-0.15, -0.1) is 0 Å². The van der Waals surface area contributed by atoms with Gasteiger partial charge in [0.1, 0.15) is 5.75 Å². The zero-order valence-corrected chi connectivity index (χ0v) is 11.9. The van der Waals surface area contributed by atoms with E-state index < -0.39 is 6.61 Å². The number of hydrogen-bond donors (Lipinski definition) is 1. The summed E-state index contributed by atoms with van der Waals surface area (Å²) in [7, 11) is 0. The third-order valence-electron chi connectivity index (χ3n) is 4.16. The van der Waals surface area contributed by atoms with E-state index in [1.54, 1.807) is 18.2 Å². The molecule has 0 aromatic heterocycles. The first-order chi connectivity index (χ1) is 9.47. The number of piperidine rings is 1. The molecule has 5 heteroatoms. The van der Waals surface area contributed by atoms with Crippen LogP contribution in [0.15, 0.2) is 24.3 Å². The zero-order valence-electron chi connectivity index (χ0n) is 11.9. The van der Waals surface area contributed by atoms with Crippen molar-refractivity contribution in [1.29, 1.82) is 0 Å². The smallest absolute Gasteiger partial charge is 0.387 e. The molecule has 3 unspecified atom stereocenters. The Kier molecular flexibility index (Phi) is 4.94. The average molecular weight is 284 g/mol. The number of ether oxygens (including phenoxy) is 1. The molecule has 0 radical (unpaired) electrons. The molecule has 20 heavy (non-hydrogen) atoms. The summed E-state index contributed by atoms with van der Waals surface area (Å²) < 4.78 is 29.0. The van der Waals surface area contributed by atoms with Crippen LogP contribution in [0.4, 0.5) is 8.78 Å². The van der Waals surface area contributed by atoms with Gasteiger partial charge in [-0.1, -0.05) is 19.1 Å². The molecule has 1 aromatic carbocycles. The third kappa shape index (κ3) is 3.67. The Balaban J connectivity index is 2.07. The lowest BCUT2D eigenvalue weighted by Crippen LogP contribution is -2.48. The summed E-state index contributed by atoms with van der Waals surface area (Å²) in [6, 6.07) is 7.23. The van der Waals surface area contributed by atoms with Crippen LogP contribution in [0.25, 0.3) is 0 Å². The molecule has 0 bridgehead atoms.